The number of carboxylic acids is 1. The molecule has 0 saturated heterocycles. The number of aromatic nitrogens is 2. The Bertz CT molecular complexity index is 610. The molecule has 0 aliphatic heterocycles. The summed E-state index contributed by atoms with van der Waals surface area (Å²) in [7, 11) is 1.45. The standard InChI is InChI=1S/C12H10N2O4S/c1-18-6-9-13-5-7(10(14-9)12(16)17)11(15)8-3-2-4-19-8/h2-5H,6H2,1H3,(H,16,17). The number of hydrogen-bond acceptors (Lipinski definition) is 6. The summed E-state index contributed by atoms with van der Waals surface area (Å²) >= 11 is 1.24. The van der Waals surface area contributed by atoms with Gasteiger partial charge in [0.1, 0.15) is 6.61 Å². The van der Waals surface area contributed by atoms with Crippen molar-refractivity contribution in [2.45, 2.75) is 6.61 Å². The van der Waals surface area contributed by atoms with E-state index in [1.807, 2.05) is 0 Å². The van der Waals surface area contributed by atoms with Crippen LogP contribution in [0, 0.1) is 0 Å². The summed E-state index contributed by atoms with van der Waals surface area (Å²) in [6.07, 6.45) is 1.23. The number of ketones is 1. The SMILES string of the molecule is COCc1ncc(C(=O)c2cccs2)c(C(=O)O)n1. The van der Waals surface area contributed by atoms with Crippen molar-refractivity contribution in [2.75, 3.05) is 7.11 Å². The zero-order valence-electron chi connectivity index (χ0n) is 9.99. The van der Waals surface area contributed by atoms with E-state index in [1.165, 1.54) is 24.6 Å². The molecule has 0 atom stereocenters. The van der Waals surface area contributed by atoms with Gasteiger partial charge in [-0.1, -0.05) is 6.07 Å². The molecule has 0 radical (unpaired) electrons. The maximum absolute atomic E-state index is 12.1. The van der Waals surface area contributed by atoms with Crippen LogP contribution in [-0.4, -0.2) is 33.9 Å². The average molecular weight is 278 g/mol. The molecule has 0 spiro atoms. The molecular weight excluding hydrogens is 268 g/mol. The molecule has 0 aliphatic rings. The van der Waals surface area contributed by atoms with Gasteiger partial charge in [-0.3, -0.25) is 4.79 Å². The second kappa shape index (κ2) is 5.68. The highest BCUT2D eigenvalue weighted by molar-refractivity contribution is 7.12. The maximum atomic E-state index is 12.1. The van der Waals surface area contributed by atoms with Crippen molar-refractivity contribution in [3.8, 4) is 0 Å². The number of thiophene rings is 1. The zero-order valence-corrected chi connectivity index (χ0v) is 10.8. The zero-order chi connectivity index (χ0) is 13.8. The number of carboxylic acid groups (broad SMARTS) is 1. The van der Waals surface area contributed by atoms with Gasteiger partial charge in [0.2, 0.25) is 5.78 Å². The summed E-state index contributed by atoms with van der Waals surface area (Å²) in [4.78, 5) is 31.5. The largest absolute Gasteiger partial charge is 0.476 e. The quantitative estimate of drug-likeness (QED) is 0.836. The Morgan fingerprint density at radius 2 is 2.26 bits per heavy atom. The Morgan fingerprint density at radius 1 is 1.47 bits per heavy atom. The highest BCUT2D eigenvalue weighted by Gasteiger charge is 2.21. The number of carbonyl (C=O) groups excluding carboxylic acids is 1. The minimum absolute atomic E-state index is 0.0187. The van der Waals surface area contributed by atoms with Gasteiger partial charge in [-0.25, -0.2) is 14.8 Å². The van der Waals surface area contributed by atoms with Crippen LogP contribution in [0.25, 0.3) is 0 Å². The fraction of sp³-hybridized carbons (Fsp3) is 0.167. The fourth-order valence-electron chi connectivity index (χ4n) is 1.49. The number of aromatic carboxylic acids is 1. The molecule has 7 heteroatoms. The summed E-state index contributed by atoms with van der Waals surface area (Å²) in [6.45, 7) is 0.0910. The Hall–Kier alpha value is -2.12. The van der Waals surface area contributed by atoms with Crippen LogP contribution in [0.4, 0.5) is 0 Å². The molecule has 0 aromatic carbocycles. The third-order valence-electron chi connectivity index (χ3n) is 2.30. The van der Waals surface area contributed by atoms with Crippen LogP contribution in [0.1, 0.15) is 31.5 Å². The van der Waals surface area contributed by atoms with Crippen molar-refractivity contribution >= 4 is 23.1 Å². The summed E-state index contributed by atoms with van der Waals surface area (Å²) < 4.78 is 4.83. The van der Waals surface area contributed by atoms with Crippen LogP contribution >= 0.6 is 11.3 Å². The summed E-state index contributed by atoms with van der Waals surface area (Å²) in [5, 5.41) is 10.9. The van der Waals surface area contributed by atoms with Gasteiger partial charge < -0.3 is 9.84 Å². The molecule has 2 rings (SSSR count). The fourth-order valence-corrected chi connectivity index (χ4v) is 2.16. The Kier molecular flexibility index (Phi) is 3.98. The van der Waals surface area contributed by atoms with Crippen LogP contribution < -0.4 is 0 Å². The second-order valence-corrected chi connectivity index (χ2v) is 4.54. The van der Waals surface area contributed by atoms with Crippen molar-refractivity contribution in [1.82, 2.24) is 9.97 Å². The van der Waals surface area contributed by atoms with Gasteiger partial charge in [0.15, 0.2) is 11.5 Å². The predicted molar refractivity (Wildman–Crippen MR) is 67.5 cm³/mol. The lowest BCUT2D eigenvalue weighted by atomic mass is 10.1. The maximum Gasteiger partial charge on any atom is 0.355 e. The normalized spacial score (nSPS) is 10.4. The van der Waals surface area contributed by atoms with E-state index in [4.69, 9.17) is 9.84 Å². The van der Waals surface area contributed by atoms with E-state index in [9.17, 15) is 9.59 Å². The van der Waals surface area contributed by atoms with Crippen LogP contribution in [0.5, 0.6) is 0 Å². The van der Waals surface area contributed by atoms with E-state index >= 15 is 0 Å². The van der Waals surface area contributed by atoms with Gasteiger partial charge in [0.05, 0.1) is 10.4 Å². The minimum Gasteiger partial charge on any atom is -0.476 e. The third-order valence-corrected chi connectivity index (χ3v) is 3.17. The first-order chi connectivity index (χ1) is 9.13. The Morgan fingerprint density at radius 3 is 2.84 bits per heavy atom. The Balaban J connectivity index is 2.45. The van der Waals surface area contributed by atoms with Crippen LogP contribution in [-0.2, 0) is 11.3 Å². The molecule has 19 heavy (non-hydrogen) atoms. The number of hydrogen-bond donors (Lipinski definition) is 1. The van der Waals surface area contributed by atoms with Crippen molar-refractivity contribution in [2.24, 2.45) is 0 Å². The third kappa shape index (κ3) is 2.83. The highest BCUT2D eigenvalue weighted by atomic mass is 32.1. The van der Waals surface area contributed by atoms with Crippen LogP contribution in [0.3, 0.4) is 0 Å². The summed E-state index contributed by atoms with van der Waals surface area (Å²) in [6, 6.07) is 3.35. The highest BCUT2D eigenvalue weighted by Crippen LogP contribution is 2.17. The smallest absolute Gasteiger partial charge is 0.355 e. The first kappa shape index (κ1) is 13.3. The van der Waals surface area contributed by atoms with E-state index in [2.05, 4.69) is 9.97 Å². The first-order valence-corrected chi connectivity index (χ1v) is 6.17. The van der Waals surface area contributed by atoms with E-state index in [0.717, 1.165) is 0 Å². The lowest BCUT2D eigenvalue weighted by Gasteiger charge is -2.05. The van der Waals surface area contributed by atoms with Gasteiger partial charge in [0, 0.05) is 13.3 Å². The molecule has 0 amide bonds. The lowest BCUT2D eigenvalue weighted by molar-refractivity contribution is 0.0684. The molecule has 2 aromatic heterocycles. The summed E-state index contributed by atoms with van der Waals surface area (Å²) in [5.41, 5.74) is -0.324. The van der Waals surface area contributed by atoms with E-state index in [-0.39, 0.29) is 23.7 Å². The molecule has 0 aliphatic carbocycles. The topological polar surface area (TPSA) is 89.4 Å². The number of carbonyl (C=O) groups is 2. The van der Waals surface area contributed by atoms with Crippen molar-refractivity contribution in [3.63, 3.8) is 0 Å². The molecule has 6 nitrogen and oxygen atoms in total. The van der Waals surface area contributed by atoms with Crippen molar-refractivity contribution in [1.29, 1.82) is 0 Å². The Labute approximate surface area is 112 Å². The minimum atomic E-state index is -1.26. The molecule has 2 aromatic rings. The molecule has 0 saturated carbocycles. The van der Waals surface area contributed by atoms with E-state index in [0.29, 0.717) is 4.88 Å². The second-order valence-electron chi connectivity index (χ2n) is 3.59. The lowest BCUT2D eigenvalue weighted by Crippen LogP contribution is -2.14. The first-order valence-electron chi connectivity index (χ1n) is 5.30. The van der Waals surface area contributed by atoms with Gasteiger partial charge in [0.25, 0.3) is 0 Å². The molecule has 98 valence electrons. The van der Waals surface area contributed by atoms with Crippen molar-refractivity contribution < 1.29 is 19.4 Å². The number of ether oxygens (including phenoxy) is 1. The molecule has 2 heterocycles. The van der Waals surface area contributed by atoms with Crippen LogP contribution in [0.15, 0.2) is 23.7 Å². The predicted octanol–water partition coefficient (Wildman–Crippen LogP) is 1.61. The average Bonchev–Trinajstić information content (AvgIpc) is 2.92. The van der Waals surface area contributed by atoms with Crippen molar-refractivity contribution in [3.05, 3.63) is 45.7 Å². The number of rotatable bonds is 5. The molecular formula is C12H10N2O4S. The van der Waals surface area contributed by atoms with Gasteiger partial charge >= 0.3 is 5.97 Å². The van der Waals surface area contributed by atoms with Gasteiger partial charge in [-0.15, -0.1) is 11.3 Å². The van der Waals surface area contributed by atoms with E-state index < -0.39 is 11.8 Å². The van der Waals surface area contributed by atoms with Crippen LogP contribution in [0.2, 0.25) is 0 Å². The number of nitrogens with zero attached hydrogens (tertiary/aromatic N) is 2. The molecule has 0 unspecified atom stereocenters. The van der Waals surface area contributed by atoms with Gasteiger partial charge in [-0.05, 0) is 11.4 Å². The van der Waals surface area contributed by atoms with E-state index in [1.54, 1.807) is 17.5 Å². The monoisotopic (exact) mass is 278 g/mol. The molecule has 1 N–H and O–H groups in total. The number of methoxy groups -OCH3 is 1. The summed E-state index contributed by atoms with van der Waals surface area (Å²) in [5.74, 6) is -1.43. The molecule has 0 bridgehead atoms. The molecule has 0 fully saturated rings. The van der Waals surface area contributed by atoms with Gasteiger partial charge in [-0.2, -0.15) is 0 Å².